The quantitative estimate of drug-likeness (QED) is 0.608. The number of nitrogens with one attached hydrogen (secondary N) is 2. The number of aromatic nitrogens is 2. The van der Waals surface area contributed by atoms with Crippen LogP contribution in [0.15, 0.2) is 6.20 Å². The number of H-pyrrole nitrogens is 1. The van der Waals surface area contributed by atoms with Crippen molar-refractivity contribution in [2.45, 2.75) is 12.5 Å². The second kappa shape index (κ2) is 3.90. The minimum absolute atomic E-state index is 0.151. The normalized spacial score (nSPS) is 21.8. The first-order chi connectivity index (χ1) is 7.16. The minimum Gasteiger partial charge on any atom is -0.383 e. The van der Waals surface area contributed by atoms with Crippen LogP contribution in [0.2, 0.25) is 0 Å². The number of hydrogen-bond acceptors (Lipinski definition) is 4. The fraction of sp³-hybridized carbons (Fsp3) is 0.556. The fourth-order valence-corrected chi connectivity index (χ4v) is 1.79. The Bertz CT molecular complexity index is 361. The van der Waals surface area contributed by atoms with E-state index in [1.54, 1.807) is 0 Å². The molecule has 6 heteroatoms. The molecule has 1 atom stereocenters. The predicted molar refractivity (Wildman–Crippen MR) is 56.4 cm³/mol. The molecule has 0 spiro atoms. The highest BCUT2D eigenvalue weighted by atomic mass is 16.1. The van der Waals surface area contributed by atoms with Gasteiger partial charge in [0.25, 0.3) is 5.91 Å². The molecular formula is C9H15N5O. The van der Waals surface area contributed by atoms with Crippen molar-refractivity contribution in [3.8, 4) is 0 Å². The zero-order valence-electron chi connectivity index (χ0n) is 8.66. The molecule has 1 amide bonds. The number of anilines is 1. The molecule has 2 heterocycles. The van der Waals surface area contributed by atoms with Gasteiger partial charge in [0.1, 0.15) is 11.4 Å². The Balaban J connectivity index is 1.96. The van der Waals surface area contributed by atoms with Crippen LogP contribution in [0.1, 0.15) is 16.8 Å². The van der Waals surface area contributed by atoms with Crippen LogP contribution < -0.4 is 11.1 Å². The van der Waals surface area contributed by atoms with Crippen LogP contribution in [0.25, 0.3) is 0 Å². The zero-order chi connectivity index (χ0) is 10.8. The molecule has 0 radical (unpaired) electrons. The number of nitrogen functional groups attached to an aromatic ring is 1. The summed E-state index contributed by atoms with van der Waals surface area (Å²) in [5.74, 6) is 0.167. The van der Waals surface area contributed by atoms with Crippen molar-refractivity contribution in [1.82, 2.24) is 20.4 Å². The second-order valence-electron chi connectivity index (χ2n) is 3.92. The van der Waals surface area contributed by atoms with E-state index in [4.69, 9.17) is 5.73 Å². The van der Waals surface area contributed by atoms with Crippen molar-refractivity contribution >= 4 is 11.7 Å². The Morgan fingerprint density at radius 3 is 3.13 bits per heavy atom. The molecular weight excluding hydrogens is 194 g/mol. The molecule has 0 aromatic carbocycles. The molecule has 0 aliphatic carbocycles. The highest BCUT2D eigenvalue weighted by molar-refractivity contribution is 5.98. The second-order valence-corrected chi connectivity index (χ2v) is 3.92. The maximum atomic E-state index is 11.7. The van der Waals surface area contributed by atoms with Gasteiger partial charge in [-0.25, -0.2) is 0 Å². The van der Waals surface area contributed by atoms with Gasteiger partial charge in [0.15, 0.2) is 0 Å². The molecule has 1 aromatic heterocycles. The summed E-state index contributed by atoms with van der Waals surface area (Å²) in [6.07, 6.45) is 2.43. The number of likely N-dealkylation sites (N-methyl/N-ethyl adjacent to an activating group) is 1. The van der Waals surface area contributed by atoms with Crippen molar-refractivity contribution in [3.63, 3.8) is 0 Å². The maximum Gasteiger partial charge on any atom is 0.256 e. The average Bonchev–Trinajstić information content (AvgIpc) is 2.75. The monoisotopic (exact) mass is 209 g/mol. The summed E-state index contributed by atoms with van der Waals surface area (Å²) < 4.78 is 0. The highest BCUT2D eigenvalue weighted by Gasteiger charge is 2.22. The SMILES string of the molecule is CN1CCC(NC(=O)c2cn[nH]c2N)C1. The van der Waals surface area contributed by atoms with Gasteiger partial charge in [-0.2, -0.15) is 5.10 Å². The van der Waals surface area contributed by atoms with Crippen LogP contribution in [0.5, 0.6) is 0 Å². The Morgan fingerprint density at radius 2 is 2.60 bits per heavy atom. The topological polar surface area (TPSA) is 87.0 Å². The van der Waals surface area contributed by atoms with E-state index < -0.39 is 0 Å². The van der Waals surface area contributed by atoms with Crippen LogP contribution in [0.4, 0.5) is 5.82 Å². The third-order valence-electron chi connectivity index (χ3n) is 2.64. The van der Waals surface area contributed by atoms with Gasteiger partial charge in [-0.05, 0) is 20.0 Å². The number of carbonyl (C=O) groups excluding carboxylic acids is 1. The average molecular weight is 209 g/mol. The Kier molecular flexibility index (Phi) is 2.59. The molecule has 1 aromatic rings. The van der Waals surface area contributed by atoms with Gasteiger partial charge in [-0.15, -0.1) is 0 Å². The van der Waals surface area contributed by atoms with Gasteiger partial charge in [0, 0.05) is 12.6 Å². The van der Waals surface area contributed by atoms with Gasteiger partial charge < -0.3 is 16.0 Å². The van der Waals surface area contributed by atoms with Gasteiger partial charge in [-0.1, -0.05) is 0 Å². The molecule has 15 heavy (non-hydrogen) atoms. The van der Waals surface area contributed by atoms with Gasteiger partial charge in [0.05, 0.1) is 6.20 Å². The minimum atomic E-state index is -0.151. The first kappa shape index (κ1) is 9.97. The molecule has 1 saturated heterocycles. The molecule has 0 saturated carbocycles. The van der Waals surface area contributed by atoms with Gasteiger partial charge in [0.2, 0.25) is 0 Å². The Morgan fingerprint density at radius 1 is 1.80 bits per heavy atom. The standard InChI is InChI=1S/C9H15N5O/c1-14-3-2-6(5-14)12-9(15)7-4-11-13-8(7)10/h4,6H,2-3,5H2,1H3,(H,12,15)(H3,10,11,13). The molecule has 6 nitrogen and oxygen atoms in total. The summed E-state index contributed by atoms with van der Waals surface area (Å²) in [4.78, 5) is 13.9. The maximum absolute atomic E-state index is 11.7. The largest absolute Gasteiger partial charge is 0.383 e. The first-order valence-corrected chi connectivity index (χ1v) is 4.95. The van der Waals surface area contributed by atoms with E-state index in [-0.39, 0.29) is 11.9 Å². The molecule has 1 aliphatic heterocycles. The number of hydrogen-bond donors (Lipinski definition) is 3. The van der Waals surface area contributed by atoms with Crippen LogP contribution in [-0.2, 0) is 0 Å². The number of nitrogens with two attached hydrogens (primary N) is 1. The number of aromatic amines is 1. The van der Waals surface area contributed by atoms with E-state index >= 15 is 0 Å². The van der Waals surface area contributed by atoms with Crippen molar-refractivity contribution in [2.75, 3.05) is 25.9 Å². The molecule has 2 rings (SSSR count). The lowest BCUT2D eigenvalue weighted by Gasteiger charge is -2.12. The van der Waals surface area contributed by atoms with Crippen LogP contribution in [-0.4, -0.2) is 47.2 Å². The lowest BCUT2D eigenvalue weighted by molar-refractivity contribution is 0.0939. The number of rotatable bonds is 2. The third kappa shape index (κ3) is 2.10. The van der Waals surface area contributed by atoms with Crippen LogP contribution in [0, 0.1) is 0 Å². The number of nitrogens with zero attached hydrogens (tertiary/aromatic N) is 2. The Hall–Kier alpha value is -1.56. The summed E-state index contributed by atoms with van der Waals surface area (Å²) in [5, 5.41) is 9.18. The molecule has 4 N–H and O–H groups in total. The summed E-state index contributed by atoms with van der Waals surface area (Å²) in [6.45, 7) is 1.91. The summed E-state index contributed by atoms with van der Waals surface area (Å²) >= 11 is 0. The predicted octanol–water partition coefficient (Wildman–Crippen LogP) is -0.574. The molecule has 1 fully saturated rings. The molecule has 1 unspecified atom stereocenters. The van der Waals surface area contributed by atoms with E-state index in [0.717, 1.165) is 19.5 Å². The first-order valence-electron chi connectivity index (χ1n) is 4.95. The Labute approximate surface area is 87.8 Å². The number of carbonyl (C=O) groups is 1. The molecule has 1 aliphatic rings. The summed E-state index contributed by atoms with van der Waals surface area (Å²) in [5.41, 5.74) is 5.97. The smallest absolute Gasteiger partial charge is 0.256 e. The molecule has 82 valence electrons. The van der Waals surface area contributed by atoms with Crippen molar-refractivity contribution in [3.05, 3.63) is 11.8 Å². The van der Waals surface area contributed by atoms with E-state index in [1.165, 1.54) is 6.20 Å². The zero-order valence-corrected chi connectivity index (χ0v) is 8.66. The molecule has 0 bridgehead atoms. The third-order valence-corrected chi connectivity index (χ3v) is 2.64. The van der Waals surface area contributed by atoms with Crippen molar-refractivity contribution < 1.29 is 4.79 Å². The fourth-order valence-electron chi connectivity index (χ4n) is 1.79. The van der Waals surface area contributed by atoms with Gasteiger partial charge >= 0.3 is 0 Å². The lowest BCUT2D eigenvalue weighted by Crippen LogP contribution is -2.36. The summed E-state index contributed by atoms with van der Waals surface area (Å²) in [6, 6.07) is 0.219. The summed E-state index contributed by atoms with van der Waals surface area (Å²) in [7, 11) is 2.04. The van der Waals surface area contributed by atoms with Crippen molar-refractivity contribution in [1.29, 1.82) is 0 Å². The lowest BCUT2D eigenvalue weighted by atomic mass is 10.2. The van der Waals surface area contributed by atoms with E-state index in [9.17, 15) is 4.79 Å². The number of amides is 1. The van der Waals surface area contributed by atoms with E-state index in [2.05, 4.69) is 20.4 Å². The highest BCUT2D eigenvalue weighted by Crippen LogP contribution is 2.10. The number of likely N-dealkylation sites (tertiary alicyclic amines) is 1. The van der Waals surface area contributed by atoms with E-state index in [0.29, 0.717) is 11.4 Å². The van der Waals surface area contributed by atoms with Gasteiger partial charge in [-0.3, -0.25) is 9.89 Å². The van der Waals surface area contributed by atoms with Crippen LogP contribution >= 0.6 is 0 Å². The van der Waals surface area contributed by atoms with E-state index in [1.807, 2.05) is 7.05 Å². The van der Waals surface area contributed by atoms with Crippen LogP contribution in [0.3, 0.4) is 0 Å². The van der Waals surface area contributed by atoms with Crippen molar-refractivity contribution in [2.24, 2.45) is 0 Å².